The number of hydrogen-bond acceptors (Lipinski definition) is 7. The maximum absolute atomic E-state index is 12.2. The van der Waals surface area contributed by atoms with E-state index in [0.29, 0.717) is 28.6 Å². The van der Waals surface area contributed by atoms with Crippen LogP contribution in [0.2, 0.25) is 0 Å². The highest BCUT2D eigenvalue weighted by Crippen LogP contribution is 2.66. The lowest BCUT2D eigenvalue weighted by Crippen LogP contribution is -2.52. The van der Waals surface area contributed by atoms with Gasteiger partial charge in [0.2, 0.25) is 0 Å². The van der Waals surface area contributed by atoms with Gasteiger partial charge in [-0.3, -0.25) is 0 Å². The number of primary amides is 1. The molecule has 1 saturated carbocycles. The van der Waals surface area contributed by atoms with Crippen molar-refractivity contribution in [2.45, 2.75) is 30.3 Å². The van der Waals surface area contributed by atoms with Crippen molar-refractivity contribution in [3.05, 3.63) is 47.5 Å². The number of urea groups is 1. The van der Waals surface area contributed by atoms with E-state index in [2.05, 4.69) is 5.32 Å². The van der Waals surface area contributed by atoms with E-state index in [0.717, 1.165) is 0 Å². The fourth-order valence-electron chi connectivity index (χ4n) is 5.08. The Labute approximate surface area is 179 Å². The molecular formula is C22H26N2O7. The monoisotopic (exact) mass is 430 g/mol. The highest BCUT2D eigenvalue weighted by molar-refractivity contribution is 5.73. The maximum atomic E-state index is 12.2. The van der Waals surface area contributed by atoms with Gasteiger partial charge in [-0.2, -0.15) is 0 Å². The summed E-state index contributed by atoms with van der Waals surface area (Å²) in [5, 5.41) is 26.1. The molecule has 166 valence electrons. The lowest BCUT2D eigenvalue weighted by atomic mass is 9.73. The highest BCUT2D eigenvalue weighted by atomic mass is 16.5. The van der Waals surface area contributed by atoms with E-state index in [4.69, 9.17) is 24.7 Å². The van der Waals surface area contributed by atoms with Crippen molar-refractivity contribution in [1.82, 2.24) is 5.32 Å². The molecule has 1 aliphatic carbocycles. The van der Waals surface area contributed by atoms with Crippen molar-refractivity contribution >= 4 is 6.03 Å². The predicted molar refractivity (Wildman–Crippen MR) is 110 cm³/mol. The molecule has 2 aromatic rings. The third kappa shape index (κ3) is 2.66. The van der Waals surface area contributed by atoms with Crippen LogP contribution in [0, 0.1) is 5.92 Å². The fourth-order valence-corrected chi connectivity index (χ4v) is 5.08. The number of aliphatic hydroxyl groups excluding tert-OH is 1. The smallest absolute Gasteiger partial charge is 0.312 e. The third-order valence-corrected chi connectivity index (χ3v) is 6.49. The van der Waals surface area contributed by atoms with E-state index in [1.165, 1.54) is 14.2 Å². The standard InChI is InChI=1S/C22H26N2O7/c1-11-18(24-20(23)26)19(25)21(27)17-15(30-4)9-14(29-3)10-16(17)31-22(11,21)12-5-7-13(28-2)8-6-12/h5-11,18-19,25,27H,1-4H3,(H3,23,24,26)/t11-,18-,19-,21+,22-/m1/s1. The number of nitrogens with two attached hydrogens (primary N) is 1. The third-order valence-electron chi connectivity index (χ3n) is 6.49. The minimum absolute atomic E-state index is 0.278. The summed E-state index contributed by atoms with van der Waals surface area (Å²) in [5.41, 5.74) is 2.82. The molecule has 0 unspecified atom stereocenters. The summed E-state index contributed by atoms with van der Waals surface area (Å²) in [6, 6.07) is 8.54. The van der Waals surface area contributed by atoms with E-state index < -0.39 is 35.3 Å². The zero-order chi connectivity index (χ0) is 22.6. The summed E-state index contributed by atoms with van der Waals surface area (Å²) in [5.74, 6) is 1.11. The number of hydrogen-bond donors (Lipinski definition) is 4. The van der Waals surface area contributed by atoms with Gasteiger partial charge in [-0.25, -0.2) is 4.79 Å². The maximum Gasteiger partial charge on any atom is 0.312 e. The van der Waals surface area contributed by atoms with Gasteiger partial charge >= 0.3 is 6.03 Å². The number of amides is 2. The number of benzene rings is 2. The number of fused-ring (bicyclic) bond motifs is 3. The van der Waals surface area contributed by atoms with Crippen LogP contribution >= 0.6 is 0 Å². The molecule has 0 bridgehead atoms. The van der Waals surface area contributed by atoms with Gasteiger partial charge < -0.3 is 40.2 Å². The molecule has 9 heteroatoms. The van der Waals surface area contributed by atoms with Crippen LogP contribution in [0.25, 0.3) is 0 Å². The van der Waals surface area contributed by atoms with Crippen LogP contribution in [-0.2, 0) is 11.2 Å². The van der Waals surface area contributed by atoms with Crippen LogP contribution in [0.5, 0.6) is 23.0 Å². The first kappa shape index (κ1) is 21.1. The van der Waals surface area contributed by atoms with Crippen molar-refractivity contribution in [1.29, 1.82) is 0 Å². The Morgan fingerprint density at radius 2 is 1.74 bits per heavy atom. The normalized spacial score (nSPS) is 30.7. The van der Waals surface area contributed by atoms with Crippen molar-refractivity contribution in [2.24, 2.45) is 11.7 Å². The van der Waals surface area contributed by atoms with Crippen LogP contribution in [0.15, 0.2) is 36.4 Å². The van der Waals surface area contributed by atoms with E-state index in [1.807, 2.05) is 0 Å². The van der Waals surface area contributed by atoms with Gasteiger partial charge in [0.25, 0.3) is 0 Å². The molecule has 2 aliphatic rings. The Morgan fingerprint density at radius 3 is 2.29 bits per heavy atom. The summed E-state index contributed by atoms with van der Waals surface area (Å²) < 4.78 is 22.6. The number of carbonyl (C=O) groups excluding carboxylic acids is 1. The van der Waals surface area contributed by atoms with Gasteiger partial charge in [0.1, 0.15) is 29.1 Å². The van der Waals surface area contributed by atoms with E-state index in [9.17, 15) is 15.0 Å². The van der Waals surface area contributed by atoms with Gasteiger partial charge in [0.15, 0.2) is 11.2 Å². The number of methoxy groups -OCH3 is 3. The topological polar surface area (TPSA) is 132 Å². The average Bonchev–Trinajstić information content (AvgIpc) is 3.13. The predicted octanol–water partition coefficient (Wildman–Crippen LogP) is 1.24. The molecule has 9 nitrogen and oxygen atoms in total. The summed E-state index contributed by atoms with van der Waals surface area (Å²) in [7, 11) is 4.52. The molecule has 1 aliphatic heterocycles. The van der Waals surface area contributed by atoms with Crippen LogP contribution < -0.4 is 30.0 Å². The van der Waals surface area contributed by atoms with E-state index in [1.54, 1.807) is 50.4 Å². The van der Waals surface area contributed by atoms with Gasteiger partial charge in [-0.15, -0.1) is 0 Å². The highest BCUT2D eigenvalue weighted by Gasteiger charge is 2.75. The van der Waals surface area contributed by atoms with E-state index in [-0.39, 0.29) is 5.56 Å². The summed E-state index contributed by atoms with van der Waals surface area (Å²) in [4.78, 5) is 11.7. The average molecular weight is 430 g/mol. The van der Waals surface area contributed by atoms with E-state index >= 15 is 0 Å². The molecule has 0 aromatic heterocycles. The number of nitrogens with one attached hydrogen (secondary N) is 1. The Kier molecular flexibility index (Phi) is 4.90. The Bertz CT molecular complexity index is 1010. The lowest BCUT2D eigenvalue weighted by molar-refractivity contribution is -0.155. The Morgan fingerprint density at radius 1 is 1.10 bits per heavy atom. The molecule has 1 heterocycles. The second-order valence-electron chi connectivity index (χ2n) is 7.80. The largest absolute Gasteiger partial charge is 0.497 e. The van der Waals surface area contributed by atoms with Gasteiger partial charge in [-0.05, 0) is 17.7 Å². The van der Waals surface area contributed by atoms with Gasteiger partial charge in [0, 0.05) is 18.1 Å². The van der Waals surface area contributed by atoms with Crippen molar-refractivity contribution in [3.8, 4) is 23.0 Å². The molecule has 0 spiro atoms. The first-order chi connectivity index (χ1) is 14.7. The second-order valence-corrected chi connectivity index (χ2v) is 7.80. The lowest BCUT2D eigenvalue weighted by Gasteiger charge is -2.39. The van der Waals surface area contributed by atoms with Crippen LogP contribution in [0.3, 0.4) is 0 Å². The van der Waals surface area contributed by atoms with Crippen LogP contribution in [0.1, 0.15) is 18.1 Å². The second kappa shape index (κ2) is 7.21. The molecule has 2 amide bonds. The minimum Gasteiger partial charge on any atom is -0.497 e. The summed E-state index contributed by atoms with van der Waals surface area (Å²) in [6.45, 7) is 1.78. The van der Waals surface area contributed by atoms with Crippen molar-refractivity contribution in [3.63, 3.8) is 0 Å². The molecule has 4 rings (SSSR count). The first-order valence-electron chi connectivity index (χ1n) is 9.81. The molecule has 5 N–H and O–H groups in total. The van der Waals surface area contributed by atoms with Gasteiger partial charge in [0.05, 0.1) is 32.9 Å². The minimum atomic E-state index is -1.96. The summed E-state index contributed by atoms with van der Waals surface area (Å²) >= 11 is 0. The molecule has 31 heavy (non-hydrogen) atoms. The number of aliphatic hydroxyl groups is 2. The summed E-state index contributed by atoms with van der Waals surface area (Å²) in [6.07, 6.45) is -1.44. The fraction of sp³-hybridized carbons (Fsp3) is 0.409. The zero-order valence-electron chi connectivity index (χ0n) is 17.7. The Balaban J connectivity index is 2.00. The Hall–Kier alpha value is -3.17. The number of ether oxygens (including phenoxy) is 4. The molecular weight excluding hydrogens is 404 g/mol. The van der Waals surface area contributed by atoms with Crippen molar-refractivity contribution in [2.75, 3.05) is 21.3 Å². The zero-order valence-corrected chi connectivity index (χ0v) is 17.7. The van der Waals surface area contributed by atoms with Crippen molar-refractivity contribution < 1.29 is 34.0 Å². The first-order valence-corrected chi connectivity index (χ1v) is 9.81. The van der Waals surface area contributed by atoms with Gasteiger partial charge in [-0.1, -0.05) is 19.1 Å². The quantitative estimate of drug-likeness (QED) is 0.561. The molecule has 5 atom stereocenters. The molecule has 1 fully saturated rings. The molecule has 2 aromatic carbocycles. The molecule has 0 radical (unpaired) electrons. The number of rotatable bonds is 5. The SMILES string of the molecule is COc1ccc([C@@]23Oc4cc(OC)cc(OC)c4[C@]2(O)[C@H](O)[C@H](NC(N)=O)[C@H]3C)cc1. The number of carbonyl (C=O) groups is 1. The molecule has 0 saturated heterocycles. The van der Waals surface area contributed by atoms with Crippen LogP contribution in [-0.4, -0.2) is 49.7 Å². The van der Waals surface area contributed by atoms with Crippen LogP contribution in [0.4, 0.5) is 4.79 Å².